The standard InChI is InChI=1S/C15H25NO4/c1-15(2,3)20-14(19)16-8-10-6-4-5-7-11(10)12(9-16)13(17)18/h10-12H,4-9H2,1-3H3,(H,17,18)/t10-,11-,12+/m1/s1. The molecule has 1 saturated carbocycles. The molecule has 1 N–H and O–H groups in total. The molecule has 2 rings (SSSR count). The maximum Gasteiger partial charge on any atom is 0.410 e. The van der Waals surface area contributed by atoms with Crippen LogP contribution in [0.25, 0.3) is 0 Å². The van der Waals surface area contributed by atoms with Gasteiger partial charge in [-0.1, -0.05) is 12.8 Å². The van der Waals surface area contributed by atoms with Crippen LogP contribution in [0.15, 0.2) is 0 Å². The van der Waals surface area contributed by atoms with Crippen LogP contribution in [0.3, 0.4) is 0 Å². The van der Waals surface area contributed by atoms with E-state index in [0.29, 0.717) is 12.5 Å². The molecule has 1 aliphatic heterocycles. The maximum absolute atomic E-state index is 12.2. The third kappa shape index (κ3) is 3.44. The number of hydrogen-bond acceptors (Lipinski definition) is 3. The second-order valence-electron chi connectivity index (χ2n) is 7.04. The summed E-state index contributed by atoms with van der Waals surface area (Å²) >= 11 is 0. The zero-order valence-corrected chi connectivity index (χ0v) is 12.6. The first-order valence-corrected chi connectivity index (χ1v) is 7.48. The van der Waals surface area contributed by atoms with E-state index in [0.717, 1.165) is 25.7 Å². The predicted molar refractivity (Wildman–Crippen MR) is 74.4 cm³/mol. The number of carbonyl (C=O) groups is 2. The van der Waals surface area contributed by atoms with Crippen molar-refractivity contribution in [3.05, 3.63) is 0 Å². The minimum absolute atomic E-state index is 0.222. The normalized spacial score (nSPS) is 30.6. The summed E-state index contributed by atoms with van der Waals surface area (Å²) in [7, 11) is 0. The van der Waals surface area contributed by atoms with Gasteiger partial charge in [-0.05, 0) is 45.4 Å². The van der Waals surface area contributed by atoms with Gasteiger partial charge in [0.05, 0.1) is 5.92 Å². The lowest BCUT2D eigenvalue weighted by atomic mass is 9.70. The maximum atomic E-state index is 12.2. The molecule has 0 spiro atoms. The van der Waals surface area contributed by atoms with Crippen LogP contribution in [-0.4, -0.2) is 40.8 Å². The number of carboxylic acid groups (broad SMARTS) is 1. The number of aliphatic carboxylic acids is 1. The highest BCUT2D eigenvalue weighted by Gasteiger charge is 2.43. The summed E-state index contributed by atoms with van der Waals surface area (Å²) in [4.78, 5) is 25.2. The van der Waals surface area contributed by atoms with Gasteiger partial charge in [-0.15, -0.1) is 0 Å². The molecule has 1 amide bonds. The molecular weight excluding hydrogens is 258 g/mol. The first kappa shape index (κ1) is 15.1. The summed E-state index contributed by atoms with van der Waals surface area (Å²) in [6.45, 7) is 6.40. The molecule has 0 radical (unpaired) electrons. The van der Waals surface area contributed by atoms with Gasteiger partial charge in [0, 0.05) is 13.1 Å². The first-order chi connectivity index (χ1) is 9.28. The fourth-order valence-corrected chi connectivity index (χ4v) is 3.46. The molecule has 5 heteroatoms. The van der Waals surface area contributed by atoms with E-state index in [1.165, 1.54) is 0 Å². The highest BCUT2D eigenvalue weighted by Crippen LogP contribution is 2.39. The minimum atomic E-state index is -0.782. The number of ether oxygens (including phenoxy) is 1. The van der Waals surface area contributed by atoms with Crippen molar-refractivity contribution in [3.63, 3.8) is 0 Å². The molecule has 3 atom stereocenters. The number of nitrogens with zero attached hydrogens (tertiary/aromatic N) is 1. The SMILES string of the molecule is CC(C)(C)OC(=O)N1C[C@H]2CCCC[C@H]2[C@@H](C(=O)O)C1. The van der Waals surface area contributed by atoms with Crippen LogP contribution >= 0.6 is 0 Å². The Labute approximate surface area is 120 Å². The zero-order valence-electron chi connectivity index (χ0n) is 12.6. The van der Waals surface area contributed by atoms with Crippen molar-refractivity contribution in [2.24, 2.45) is 17.8 Å². The Hall–Kier alpha value is -1.26. The monoisotopic (exact) mass is 283 g/mol. The Morgan fingerprint density at radius 2 is 1.80 bits per heavy atom. The van der Waals surface area contributed by atoms with Crippen LogP contribution in [-0.2, 0) is 9.53 Å². The van der Waals surface area contributed by atoms with Crippen molar-refractivity contribution in [2.75, 3.05) is 13.1 Å². The number of likely N-dealkylation sites (tertiary alicyclic amines) is 1. The Morgan fingerprint density at radius 3 is 2.40 bits per heavy atom. The lowest BCUT2D eigenvalue weighted by Crippen LogP contribution is -2.52. The van der Waals surface area contributed by atoms with E-state index in [1.807, 2.05) is 20.8 Å². The van der Waals surface area contributed by atoms with Crippen LogP contribution in [0.5, 0.6) is 0 Å². The lowest BCUT2D eigenvalue weighted by molar-refractivity contribution is -0.148. The van der Waals surface area contributed by atoms with Gasteiger partial charge in [0.2, 0.25) is 0 Å². The molecule has 5 nitrogen and oxygen atoms in total. The molecule has 0 aromatic carbocycles. The van der Waals surface area contributed by atoms with Gasteiger partial charge in [-0.2, -0.15) is 0 Å². The minimum Gasteiger partial charge on any atom is -0.481 e. The topological polar surface area (TPSA) is 66.8 Å². The van der Waals surface area contributed by atoms with E-state index in [4.69, 9.17) is 4.74 Å². The van der Waals surface area contributed by atoms with Crippen molar-refractivity contribution in [3.8, 4) is 0 Å². The van der Waals surface area contributed by atoms with Gasteiger partial charge >= 0.3 is 12.1 Å². The quantitative estimate of drug-likeness (QED) is 0.803. The highest BCUT2D eigenvalue weighted by molar-refractivity contribution is 5.74. The van der Waals surface area contributed by atoms with Crippen molar-refractivity contribution in [1.29, 1.82) is 0 Å². The second kappa shape index (κ2) is 5.62. The molecule has 1 heterocycles. The number of amides is 1. The van der Waals surface area contributed by atoms with Crippen molar-refractivity contribution in [1.82, 2.24) is 4.90 Å². The van der Waals surface area contributed by atoms with Crippen LogP contribution in [0.4, 0.5) is 4.79 Å². The number of rotatable bonds is 1. The van der Waals surface area contributed by atoms with E-state index in [2.05, 4.69) is 0 Å². The zero-order chi connectivity index (χ0) is 14.9. The van der Waals surface area contributed by atoms with Crippen molar-refractivity contribution >= 4 is 12.1 Å². The molecular formula is C15H25NO4. The number of piperidine rings is 1. The molecule has 114 valence electrons. The van der Waals surface area contributed by atoms with Crippen LogP contribution in [0.2, 0.25) is 0 Å². The predicted octanol–water partition coefficient (Wildman–Crippen LogP) is 2.74. The fraction of sp³-hybridized carbons (Fsp3) is 0.867. The summed E-state index contributed by atoms with van der Waals surface area (Å²) in [5.41, 5.74) is -0.542. The summed E-state index contributed by atoms with van der Waals surface area (Å²) in [5, 5.41) is 9.43. The van der Waals surface area contributed by atoms with Gasteiger partial charge in [0.1, 0.15) is 5.60 Å². The Kier molecular flexibility index (Phi) is 4.25. The van der Waals surface area contributed by atoms with Gasteiger partial charge in [-0.25, -0.2) is 4.79 Å². The number of hydrogen-bond donors (Lipinski definition) is 1. The van der Waals surface area contributed by atoms with Crippen LogP contribution < -0.4 is 0 Å². The summed E-state index contributed by atoms with van der Waals surface area (Å²) in [5.74, 6) is -0.692. The summed E-state index contributed by atoms with van der Waals surface area (Å²) < 4.78 is 5.38. The van der Waals surface area contributed by atoms with E-state index in [9.17, 15) is 14.7 Å². The summed E-state index contributed by atoms with van der Waals surface area (Å²) in [6, 6.07) is 0. The van der Waals surface area contributed by atoms with Crippen LogP contribution in [0, 0.1) is 17.8 Å². The Morgan fingerprint density at radius 1 is 1.15 bits per heavy atom. The van der Waals surface area contributed by atoms with E-state index in [1.54, 1.807) is 4.90 Å². The second-order valence-corrected chi connectivity index (χ2v) is 7.04. The van der Waals surface area contributed by atoms with Gasteiger partial charge in [0.25, 0.3) is 0 Å². The third-order valence-corrected chi connectivity index (χ3v) is 4.33. The Bertz CT molecular complexity index is 388. The molecule has 1 saturated heterocycles. The fourth-order valence-electron chi connectivity index (χ4n) is 3.46. The number of fused-ring (bicyclic) bond motifs is 1. The number of carbonyl (C=O) groups excluding carboxylic acids is 1. The molecule has 0 bridgehead atoms. The van der Waals surface area contributed by atoms with E-state index in [-0.39, 0.29) is 18.6 Å². The van der Waals surface area contributed by atoms with Gasteiger partial charge < -0.3 is 14.7 Å². The van der Waals surface area contributed by atoms with E-state index < -0.39 is 17.5 Å². The first-order valence-electron chi connectivity index (χ1n) is 7.48. The molecule has 1 aliphatic carbocycles. The molecule has 20 heavy (non-hydrogen) atoms. The Balaban J connectivity index is 2.08. The molecule has 0 aromatic heterocycles. The largest absolute Gasteiger partial charge is 0.481 e. The highest BCUT2D eigenvalue weighted by atomic mass is 16.6. The van der Waals surface area contributed by atoms with Crippen molar-refractivity contribution in [2.45, 2.75) is 52.1 Å². The lowest BCUT2D eigenvalue weighted by Gasteiger charge is -2.44. The number of carboxylic acids is 1. The van der Waals surface area contributed by atoms with Gasteiger partial charge in [0.15, 0.2) is 0 Å². The molecule has 0 aromatic rings. The third-order valence-electron chi connectivity index (χ3n) is 4.33. The summed E-state index contributed by atoms with van der Waals surface area (Å²) in [6.07, 6.45) is 3.86. The molecule has 0 unspecified atom stereocenters. The molecule has 2 fully saturated rings. The van der Waals surface area contributed by atoms with Crippen LogP contribution in [0.1, 0.15) is 46.5 Å². The molecule has 2 aliphatic rings. The van der Waals surface area contributed by atoms with E-state index >= 15 is 0 Å². The van der Waals surface area contributed by atoms with Crippen molar-refractivity contribution < 1.29 is 19.4 Å². The van der Waals surface area contributed by atoms with Gasteiger partial charge in [-0.3, -0.25) is 4.79 Å². The average molecular weight is 283 g/mol. The smallest absolute Gasteiger partial charge is 0.410 e. The average Bonchev–Trinajstić information content (AvgIpc) is 2.35.